The fourth-order valence-corrected chi connectivity index (χ4v) is 3.12. The Hall–Kier alpha value is -0.930. The second-order valence-electron chi connectivity index (χ2n) is 5.79. The average Bonchev–Trinajstić information content (AvgIpc) is 2.69. The predicted molar refractivity (Wildman–Crippen MR) is 77.0 cm³/mol. The molecule has 0 amide bonds. The molecule has 0 aliphatic heterocycles. The molecule has 2 rings (SSSR count). The highest BCUT2D eigenvalue weighted by Gasteiger charge is 2.17. The standard InChI is InChI=1S/C16H25FN2/c17-15-9-7-14(8-10-15)12-16(19-18)11-13-5-3-1-2-4-6-13/h7-10,13,16,19H,1-6,11-12,18H2. The highest BCUT2D eigenvalue weighted by Crippen LogP contribution is 2.27. The molecular weight excluding hydrogens is 239 g/mol. The molecular formula is C16H25FN2. The quantitative estimate of drug-likeness (QED) is 0.485. The van der Waals surface area contributed by atoms with Crippen molar-refractivity contribution in [3.05, 3.63) is 35.6 Å². The number of hydrazine groups is 1. The first-order chi connectivity index (χ1) is 9.28. The molecule has 1 aliphatic rings. The number of hydrogen-bond acceptors (Lipinski definition) is 2. The van der Waals surface area contributed by atoms with E-state index in [2.05, 4.69) is 5.43 Å². The maximum Gasteiger partial charge on any atom is 0.123 e. The third-order valence-corrected chi connectivity index (χ3v) is 4.22. The third-order valence-electron chi connectivity index (χ3n) is 4.22. The molecule has 0 radical (unpaired) electrons. The molecule has 1 saturated carbocycles. The van der Waals surface area contributed by atoms with Gasteiger partial charge in [-0.05, 0) is 36.5 Å². The maximum absolute atomic E-state index is 12.9. The highest BCUT2D eigenvalue weighted by atomic mass is 19.1. The van der Waals surface area contributed by atoms with E-state index in [1.54, 1.807) is 0 Å². The zero-order chi connectivity index (χ0) is 13.5. The van der Waals surface area contributed by atoms with Gasteiger partial charge in [-0.25, -0.2) is 4.39 Å². The van der Waals surface area contributed by atoms with Crippen molar-refractivity contribution in [2.24, 2.45) is 11.8 Å². The van der Waals surface area contributed by atoms with Gasteiger partial charge in [0.15, 0.2) is 0 Å². The lowest BCUT2D eigenvalue weighted by molar-refractivity contribution is 0.352. The molecule has 0 saturated heterocycles. The van der Waals surface area contributed by atoms with Gasteiger partial charge in [-0.15, -0.1) is 0 Å². The van der Waals surface area contributed by atoms with E-state index in [1.165, 1.54) is 50.7 Å². The number of benzene rings is 1. The van der Waals surface area contributed by atoms with E-state index in [-0.39, 0.29) is 5.82 Å². The van der Waals surface area contributed by atoms with Gasteiger partial charge in [-0.1, -0.05) is 50.7 Å². The monoisotopic (exact) mass is 264 g/mol. The Morgan fingerprint density at radius 2 is 1.74 bits per heavy atom. The first kappa shape index (κ1) is 14.5. The summed E-state index contributed by atoms with van der Waals surface area (Å²) in [6.45, 7) is 0. The zero-order valence-electron chi connectivity index (χ0n) is 11.6. The molecule has 2 nitrogen and oxygen atoms in total. The Morgan fingerprint density at radius 1 is 1.11 bits per heavy atom. The van der Waals surface area contributed by atoms with Crippen LogP contribution in [0, 0.1) is 11.7 Å². The first-order valence-electron chi connectivity index (χ1n) is 7.48. The SMILES string of the molecule is NNC(Cc1ccc(F)cc1)CC1CCCCCC1. The lowest BCUT2D eigenvalue weighted by Gasteiger charge is -2.22. The van der Waals surface area contributed by atoms with Gasteiger partial charge in [0.1, 0.15) is 5.82 Å². The van der Waals surface area contributed by atoms with E-state index >= 15 is 0 Å². The smallest absolute Gasteiger partial charge is 0.123 e. The van der Waals surface area contributed by atoms with Crippen LogP contribution in [0.3, 0.4) is 0 Å². The van der Waals surface area contributed by atoms with E-state index in [0.29, 0.717) is 6.04 Å². The molecule has 19 heavy (non-hydrogen) atoms. The molecule has 1 unspecified atom stereocenters. The van der Waals surface area contributed by atoms with Crippen molar-refractivity contribution in [1.82, 2.24) is 5.43 Å². The van der Waals surface area contributed by atoms with Crippen LogP contribution in [0.1, 0.15) is 50.5 Å². The summed E-state index contributed by atoms with van der Waals surface area (Å²) in [4.78, 5) is 0. The minimum atomic E-state index is -0.176. The molecule has 1 aromatic carbocycles. The molecule has 3 N–H and O–H groups in total. The normalized spacial score (nSPS) is 19.1. The Kier molecular flexibility index (Phi) is 5.80. The van der Waals surface area contributed by atoms with E-state index in [9.17, 15) is 4.39 Å². The van der Waals surface area contributed by atoms with Crippen LogP contribution in [0.4, 0.5) is 4.39 Å². The third kappa shape index (κ3) is 4.92. The van der Waals surface area contributed by atoms with Gasteiger partial charge >= 0.3 is 0 Å². The lowest BCUT2D eigenvalue weighted by atomic mass is 9.90. The Morgan fingerprint density at radius 3 is 2.32 bits per heavy atom. The van der Waals surface area contributed by atoms with Crippen LogP contribution in [-0.4, -0.2) is 6.04 Å². The Labute approximate surface area is 115 Å². The van der Waals surface area contributed by atoms with Crippen LogP contribution in [0.2, 0.25) is 0 Å². The number of rotatable bonds is 5. The minimum absolute atomic E-state index is 0.176. The van der Waals surface area contributed by atoms with Gasteiger partial charge < -0.3 is 0 Å². The Balaban J connectivity index is 1.86. The molecule has 0 bridgehead atoms. The molecule has 1 aromatic rings. The van der Waals surface area contributed by atoms with Gasteiger partial charge in [0, 0.05) is 6.04 Å². The van der Waals surface area contributed by atoms with E-state index in [0.717, 1.165) is 24.3 Å². The summed E-state index contributed by atoms with van der Waals surface area (Å²) in [6, 6.07) is 7.05. The van der Waals surface area contributed by atoms with Crippen LogP contribution in [0.15, 0.2) is 24.3 Å². The number of hydrogen-bond donors (Lipinski definition) is 2. The van der Waals surface area contributed by atoms with Gasteiger partial charge in [0.2, 0.25) is 0 Å². The fraction of sp³-hybridized carbons (Fsp3) is 0.625. The number of nitrogens with two attached hydrogens (primary N) is 1. The molecule has 0 heterocycles. The van der Waals surface area contributed by atoms with Crippen molar-refractivity contribution < 1.29 is 4.39 Å². The summed E-state index contributed by atoms with van der Waals surface area (Å²) >= 11 is 0. The van der Waals surface area contributed by atoms with Crippen LogP contribution in [0.5, 0.6) is 0 Å². The average molecular weight is 264 g/mol. The second kappa shape index (κ2) is 7.61. The largest absolute Gasteiger partial charge is 0.271 e. The van der Waals surface area contributed by atoms with Crippen molar-refractivity contribution in [2.75, 3.05) is 0 Å². The summed E-state index contributed by atoms with van der Waals surface area (Å²) in [5.74, 6) is 6.30. The van der Waals surface area contributed by atoms with Crippen LogP contribution < -0.4 is 11.3 Å². The lowest BCUT2D eigenvalue weighted by Crippen LogP contribution is -2.38. The molecule has 0 spiro atoms. The van der Waals surface area contributed by atoms with Crippen molar-refractivity contribution in [3.8, 4) is 0 Å². The molecule has 3 heteroatoms. The summed E-state index contributed by atoms with van der Waals surface area (Å²) < 4.78 is 12.9. The predicted octanol–water partition coefficient (Wildman–Crippen LogP) is 3.56. The summed E-state index contributed by atoms with van der Waals surface area (Å²) in [6.07, 6.45) is 10.2. The van der Waals surface area contributed by atoms with E-state index < -0.39 is 0 Å². The molecule has 1 fully saturated rings. The molecule has 0 aromatic heterocycles. The topological polar surface area (TPSA) is 38.0 Å². The fourth-order valence-electron chi connectivity index (χ4n) is 3.12. The van der Waals surface area contributed by atoms with Gasteiger partial charge in [0.25, 0.3) is 0 Å². The van der Waals surface area contributed by atoms with Crippen molar-refractivity contribution in [1.29, 1.82) is 0 Å². The Bertz CT molecular complexity index is 356. The van der Waals surface area contributed by atoms with Crippen molar-refractivity contribution >= 4 is 0 Å². The van der Waals surface area contributed by atoms with E-state index in [1.807, 2.05) is 12.1 Å². The zero-order valence-corrected chi connectivity index (χ0v) is 11.6. The first-order valence-corrected chi connectivity index (χ1v) is 7.48. The maximum atomic E-state index is 12.9. The van der Waals surface area contributed by atoms with Crippen molar-refractivity contribution in [2.45, 2.75) is 57.4 Å². The molecule has 1 atom stereocenters. The summed E-state index contributed by atoms with van der Waals surface area (Å²) in [5, 5.41) is 0. The second-order valence-corrected chi connectivity index (χ2v) is 5.79. The van der Waals surface area contributed by atoms with E-state index in [4.69, 9.17) is 5.84 Å². The molecule has 1 aliphatic carbocycles. The van der Waals surface area contributed by atoms with Crippen LogP contribution in [-0.2, 0) is 6.42 Å². The highest BCUT2D eigenvalue weighted by molar-refractivity contribution is 5.17. The minimum Gasteiger partial charge on any atom is -0.271 e. The van der Waals surface area contributed by atoms with Crippen LogP contribution in [0.25, 0.3) is 0 Å². The van der Waals surface area contributed by atoms with Crippen LogP contribution >= 0.6 is 0 Å². The summed E-state index contributed by atoms with van der Waals surface area (Å²) in [5.41, 5.74) is 4.09. The molecule has 106 valence electrons. The summed E-state index contributed by atoms with van der Waals surface area (Å²) in [7, 11) is 0. The van der Waals surface area contributed by atoms with Gasteiger partial charge in [-0.3, -0.25) is 11.3 Å². The number of halogens is 1. The van der Waals surface area contributed by atoms with Crippen molar-refractivity contribution in [3.63, 3.8) is 0 Å². The van der Waals surface area contributed by atoms with Gasteiger partial charge in [-0.2, -0.15) is 0 Å². The van der Waals surface area contributed by atoms with Gasteiger partial charge in [0.05, 0.1) is 0 Å². The number of nitrogens with one attached hydrogen (secondary N) is 1.